The maximum Gasteiger partial charge on any atom is 0.263 e. The minimum atomic E-state index is -3.67. The Morgan fingerprint density at radius 2 is 1.50 bits per heavy atom. The number of hydrogen-bond acceptors (Lipinski definition) is 5. The summed E-state index contributed by atoms with van der Waals surface area (Å²) in [6.07, 6.45) is 13.8. The number of anilines is 1. The maximum atomic E-state index is 12.8. The predicted molar refractivity (Wildman–Crippen MR) is 131 cm³/mol. The molecule has 180 valence electrons. The molecule has 0 heterocycles. The van der Waals surface area contributed by atoms with Crippen LogP contribution in [0.25, 0.3) is 0 Å². The average Bonchev–Trinajstić information content (AvgIpc) is 2.73. The van der Waals surface area contributed by atoms with Crippen molar-refractivity contribution in [2.24, 2.45) is 5.10 Å². The number of nitrogens with zero attached hydrogens (tertiary/aromatic N) is 2. The van der Waals surface area contributed by atoms with Gasteiger partial charge in [-0.2, -0.15) is 5.10 Å². The number of nitrogens with one attached hydrogen (secondary N) is 1. The van der Waals surface area contributed by atoms with E-state index in [1.54, 1.807) is 31.2 Å². The average molecular weight is 466 g/mol. The first-order valence-corrected chi connectivity index (χ1v) is 13.8. The molecule has 1 N–H and O–H groups in total. The van der Waals surface area contributed by atoms with Crippen LogP contribution in [0, 0.1) is 0 Å². The largest absolute Gasteiger partial charge is 0.494 e. The molecule has 1 amide bonds. The van der Waals surface area contributed by atoms with Gasteiger partial charge in [-0.1, -0.05) is 44.9 Å². The lowest BCUT2D eigenvalue weighted by atomic mass is 10.00. The topological polar surface area (TPSA) is 88.1 Å². The number of benzene rings is 1. The highest BCUT2D eigenvalue weighted by molar-refractivity contribution is 7.92. The van der Waals surface area contributed by atoms with E-state index in [1.165, 1.54) is 44.9 Å². The normalized spacial score (nSPS) is 17.4. The fraction of sp³-hybridized carbons (Fsp3) is 0.667. The molecule has 1 aromatic rings. The third-order valence-electron chi connectivity index (χ3n) is 5.75. The molecule has 0 spiro atoms. The lowest BCUT2D eigenvalue weighted by molar-refractivity contribution is -0.121. The van der Waals surface area contributed by atoms with Crippen LogP contribution in [0.3, 0.4) is 0 Å². The van der Waals surface area contributed by atoms with Gasteiger partial charge in [-0.15, -0.1) is 0 Å². The maximum absolute atomic E-state index is 12.8. The minimum absolute atomic E-state index is 0.414. The Morgan fingerprint density at radius 1 is 1.00 bits per heavy atom. The standard InChI is InChI=1S/C24H39N3O4S/c1-4-31-23-18-16-22(17-19-23)27(32(3,29)30)20(2)24(28)26-25-21-14-12-10-8-6-5-7-9-11-13-15-21/h16-20H,4-15H2,1-3H3,(H,26,28)/t20-/m1/s1. The zero-order valence-electron chi connectivity index (χ0n) is 19.8. The highest BCUT2D eigenvalue weighted by Gasteiger charge is 2.29. The molecule has 1 aliphatic rings. The second-order valence-electron chi connectivity index (χ2n) is 8.50. The zero-order chi connectivity index (χ0) is 23.4. The van der Waals surface area contributed by atoms with Crippen LogP contribution in [0.1, 0.15) is 84.5 Å². The summed E-state index contributed by atoms with van der Waals surface area (Å²) in [6.45, 7) is 3.98. The van der Waals surface area contributed by atoms with Gasteiger partial charge in [-0.05, 0) is 63.8 Å². The Bertz CT molecular complexity index is 823. The van der Waals surface area contributed by atoms with E-state index in [0.717, 1.165) is 42.0 Å². The number of hydrogen-bond donors (Lipinski definition) is 1. The molecule has 2 rings (SSSR count). The Hall–Kier alpha value is -2.09. The fourth-order valence-electron chi connectivity index (χ4n) is 4.02. The van der Waals surface area contributed by atoms with Crippen LogP contribution in [-0.2, 0) is 14.8 Å². The summed E-state index contributed by atoms with van der Waals surface area (Å²) < 4.78 is 31.5. The van der Waals surface area contributed by atoms with Gasteiger partial charge in [0.2, 0.25) is 10.0 Å². The second kappa shape index (κ2) is 13.5. The SMILES string of the molecule is CCOc1ccc(N([C@H](C)C(=O)NN=C2CCCCCCCCCCC2)S(C)(=O)=O)cc1. The van der Waals surface area contributed by atoms with E-state index in [1.807, 2.05) is 6.92 Å². The van der Waals surface area contributed by atoms with Crippen molar-refractivity contribution < 1.29 is 17.9 Å². The summed E-state index contributed by atoms with van der Waals surface area (Å²) in [5, 5.41) is 4.40. The number of sulfonamides is 1. The first kappa shape index (κ1) is 26.2. The van der Waals surface area contributed by atoms with Crippen LogP contribution in [-0.4, -0.2) is 38.9 Å². The van der Waals surface area contributed by atoms with Gasteiger partial charge in [-0.3, -0.25) is 9.10 Å². The molecule has 0 bridgehead atoms. The van der Waals surface area contributed by atoms with Gasteiger partial charge in [0, 0.05) is 5.71 Å². The van der Waals surface area contributed by atoms with Gasteiger partial charge in [0.05, 0.1) is 18.6 Å². The van der Waals surface area contributed by atoms with Gasteiger partial charge in [0.1, 0.15) is 11.8 Å². The van der Waals surface area contributed by atoms with Crippen molar-refractivity contribution in [3.63, 3.8) is 0 Å². The summed E-state index contributed by atoms with van der Waals surface area (Å²) in [5.41, 5.74) is 4.05. The molecule has 8 heteroatoms. The van der Waals surface area contributed by atoms with Gasteiger partial charge in [-0.25, -0.2) is 13.8 Å². The van der Waals surface area contributed by atoms with Crippen molar-refractivity contribution in [3.05, 3.63) is 24.3 Å². The lowest BCUT2D eigenvalue weighted by Gasteiger charge is -2.27. The van der Waals surface area contributed by atoms with E-state index < -0.39 is 22.0 Å². The molecule has 1 atom stereocenters. The predicted octanol–water partition coefficient (Wildman–Crippen LogP) is 5.02. The molecule has 1 aromatic carbocycles. The molecule has 1 aliphatic carbocycles. The highest BCUT2D eigenvalue weighted by atomic mass is 32.2. The monoisotopic (exact) mass is 465 g/mol. The first-order valence-electron chi connectivity index (χ1n) is 11.9. The van der Waals surface area contributed by atoms with E-state index >= 15 is 0 Å². The third-order valence-corrected chi connectivity index (χ3v) is 6.99. The van der Waals surface area contributed by atoms with Crippen molar-refractivity contribution in [1.29, 1.82) is 0 Å². The van der Waals surface area contributed by atoms with Crippen molar-refractivity contribution in [2.75, 3.05) is 17.2 Å². The van der Waals surface area contributed by atoms with Crippen molar-refractivity contribution >= 4 is 27.3 Å². The highest BCUT2D eigenvalue weighted by Crippen LogP contribution is 2.24. The molecule has 32 heavy (non-hydrogen) atoms. The Morgan fingerprint density at radius 3 is 1.97 bits per heavy atom. The molecular formula is C24H39N3O4S. The van der Waals surface area contributed by atoms with Gasteiger partial charge in [0.25, 0.3) is 5.91 Å². The van der Waals surface area contributed by atoms with Crippen LogP contribution < -0.4 is 14.5 Å². The Kier molecular flexibility index (Phi) is 11.0. The quantitative estimate of drug-likeness (QED) is 0.573. The molecule has 0 aromatic heterocycles. The van der Waals surface area contributed by atoms with Crippen molar-refractivity contribution in [2.45, 2.75) is 90.5 Å². The first-order chi connectivity index (χ1) is 15.3. The molecule has 1 saturated carbocycles. The smallest absolute Gasteiger partial charge is 0.263 e. The summed E-state index contributed by atoms with van der Waals surface area (Å²) >= 11 is 0. The van der Waals surface area contributed by atoms with E-state index in [9.17, 15) is 13.2 Å². The molecule has 7 nitrogen and oxygen atoms in total. The van der Waals surface area contributed by atoms with E-state index in [0.29, 0.717) is 18.0 Å². The number of hydrazone groups is 1. The van der Waals surface area contributed by atoms with E-state index in [-0.39, 0.29) is 0 Å². The number of carbonyl (C=O) groups is 1. The van der Waals surface area contributed by atoms with Gasteiger partial charge in [0.15, 0.2) is 0 Å². The molecule has 0 aliphatic heterocycles. The number of carbonyl (C=O) groups excluding carboxylic acids is 1. The molecular weight excluding hydrogens is 426 g/mol. The second-order valence-corrected chi connectivity index (χ2v) is 10.4. The molecule has 0 unspecified atom stereocenters. The Balaban J connectivity index is 2.08. The zero-order valence-corrected chi connectivity index (χ0v) is 20.6. The van der Waals surface area contributed by atoms with Crippen LogP contribution in [0.5, 0.6) is 5.75 Å². The summed E-state index contributed by atoms with van der Waals surface area (Å²) in [5.74, 6) is 0.207. The van der Waals surface area contributed by atoms with Crippen molar-refractivity contribution in [3.8, 4) is 5.75 Å². The van der Waals surface area contributed by atoms with Crippen LogP contribution in [0.2, 0.25) is 0 Å². The van der Waals surface area contributed by atoms with E-state index in [2.05, 4.69) is 10.5 Å². The molecule has 1 fully saturated rings. The lowest BCUT2D eigenvalue weighted by Crippen LogP contribution is -2.46. The number of ether oxygens (including phenoxy) is 1. The summed E-state index contributed by atoms with van der Waals surface area (Å²) in [6, 6.07) is 5.77. The van der Waals surface area contributed by atoms with Crippen molar-refractivity contribution in [1.82, 2.24) is 5.43 Å². The van der Waals surface area contributed by atoms with Crippen LogP contribution >= 0.6 is 0 Å². The number of rotatable bonds is 7. The summed E-state index contributed by atoms with van der Waals surface area (Å²) in [7, 11) is -3.67. The number of amides is 1. The van der Waals surface area contributed by atoms with Gasteiger partial charge < -0.3 is 4.74 Å². The summed E-state index contributed by atoms with van der Waals surface area (Å²) in [4.78, 5) is 12.8. The van der Waals surface area contributed by atoms with Crippen LogP contribution in [0.4, 0.5) is 5.69 Å². The molecule has 0 radical (unpaired) electrons. The molecule has 0 saturated heterocycles. The third kappa shape index (κ3) is 8.81. The minimum Gasteiger partial charge on any atom is -0.494 e. The van der Waals surface area contributed by atoms with Crippen LogP contribution in [0.15, 0.2) is 29.4 Å². The van der Waals surface area contributed by atoms with Gasteiger partial charge >= 0.3 is 0 Å². The Labute approximate surface area is 193 Å². The van der Waals surface area contributed by atoms with E-state index in [4.69, 9.17) is 4.74 Å². The fourth-order valence-corrected chi connectivity index (χ4v) is 5.20.